The van der Waals surface area contributed by atoms with Crippen molar-refractivity contribution in [2.45, 2.75) is 5.41 Å². The molecule has 0 unspecified atom stereocenters. The van der Waals surface area contributed by atoms with Crippen LogP contribution in [0.4, 0.5) is 0 Å². The minimum atomic E-state index is -0.359. The van der Waals surface area contributed by atoms with Gasteiger partial charge in [-0.15, -0.1) is 0 Å². The number of hydrogen-bond donors (Lipinski definition) is 0. The van der Waals surface area contributed by atoms with Gasteiger partial charge in [0.2, 0.25) is 0 Å². The lowest BCUT2D eigenvalue weighted by Gasteiger charge is -2.31. The Bertz CT molecular complexity index is 2700. The topological polar surface area (TPSA) is 13.1 Å². The SMILES string of the molecule is c1ccc(-c2ccc3c(c2)oc2cc(-c4cc5c6c(ccc7cccc(c76)C56c5ccccc5-c5ccccc56)c4)ccc23)cc1. The van der Waals surface area contributed by atoms with E-state index in [1.807, 2.05) is 0 Å². The van der Waals surface area contributed by atoms with Gasteiger partial charge in [0.1, 0.15) is 11.2 Å². The molecule has 46 heavy (non-hydrogen) atoms. The quantitative estimate of drug-likeness (QED) is 0.185. The molecule has 1 aromatic heterocycles. The average Bonchev–Trinajstić information content (AvgIpc) is 3.74. The zero-order valence-corrected chi connectivity index (χ0v) is 24.9. The zero-order valence-electron chi connectivity index (χ0n) is 24.9. The van der Waals surface area contributed by atoms with E-state index in [-0.39, 0.29) is 5.41 Å². The van der Waals surface area contributed by atoms with Crippen LogP contribution in [-0.2, 0) is 5.41 Å². The molecule has 1 spiro atoms. The Morgan fingerprint density at radius 2 is 0.935 bits per heavy atom. The number of benzene rings is 8. The molecule has 0 atom stereocenters. The maximum absolute atomic E-state index is 6.56. The molecule has 2 aliphatic carbocycles. The van der Waals surface area contributed by atoms with Crippen LogP contribution in [0.1, 0.15) is 22.3 Å². The first-order chi connectivity index (χ1) is 22.8. The van der Waals surface area contributed by atoms with Gasteiger partial charge in [-0.25, -0.2) is 0 Å². The fraction of sp³-hybridized carbons (Fsp3) is 0.0222. The van der Waals surface area contributed by atoms with Crippen molar-refractivity contribution >= 4 is 43.5 Å². The molecule has 8 aromatic carbocycles. The summed E-state index contributed by atoms with van der Waals surface area (Å²) in [4.78, 5) is 0. The van der Waals surface area contributed by atoms with Crippen molar-refractivity contribution in [3.63, 3.8) is 0 Å². The van der Waals surface area contributed by atoms with Gasteiger partial charge in [-0.05, 0) is 114 Å². The Hall–Kier alpha value is -5.92. The number of furan rings is 1. The smallest absolute Gasteiger partial charge is 0.136 e. The van der Waals surface area contributed by atoms with Crippen molar-refractivity contribution in [2.75, 3.05) is 0 Å². The van der Waals surface area contributed by atoms with Crippen LogP contribution in [0.3, 0.4) is 0 Å². The van der Waals surface area contributed by atoms with Gasteiger partial charge in [-0.3, -0.25) is 0 Å². The van der Waals surface area contributed by atoms with Crippen molar-refractivity contribution < 1.29 is 4.42 Å². The normalized spacial score (nSPS) is 13.8. The van der Waals surface area contributed by atoms with Crippen molar-refractivity contribution in [2.24, 2.45) is 0 Å². The molecule has 0 amide bonds. The van der Waals surface area contributed by atoms with E-state index in [0.717, 1.165) is 21.9 Å². The van der Waals surface area contributed by atoms with E-state index in [4.69, 9.17) is 4.42 Å². The molecule has 0 radical (unpaired) electrons. The number of fused-ring (bicyclic) bond motifs is 10. The van der Waals surface area contributed by atoms with Crippen LogP contribution < -0.4 is 0 Å². The van der Waals surface area contributed by atoms with Crippen LogP contribution in [0.5, 0.6) is 0 Å². The fourth-order valence-corrected chi connectivity index (χ4v) is 8.74. The van der Waals surface area contributed by atoms with E-state index in [1.54, 1.807) is 0 Å². The van der Waals surface area contributed by atoms with Gasteiger partial charge < -0.3 is 4.42 Å². The van der Waals surface area contributed by atoms with Crippen molar-refractivity contribution in [1.82, 2.24) is 0 Å². The molecule has 0 saturated carbocycles. The summed E-state index contributed by atoms with van der Waals surface area (Å²) in [6.45, 7) is 0. The monoisotopic (exact) mass is 582 g/mol. The Labute approximate surface area is 266 Å². The van der Waals surface area contributed by atoms with E-state index in [0.29, 0.717) is 0 Å². The maximum atomic E-state index is 6.56. The summed E-state index contributed by atoms with van der Waals surface area (Å²) in [5, 5.41) is 7.64. The molecule has 0 bridgehead atoms. The summed E-state index contributed by atoms with van der Waals surface area (Å²) in [5.74, 6) is 0. The van der Waals surface area contributed by atoms with Gasteiger partial charge in [-0.1, -0.05) is 121 Å². The van der Waals surface area contributed by atoms with Gasteiger partial charge in [0.05, 0.1) is 5.41 Å². The lowest BCUT2D eigenvalue weighted by molar-refractivity contribution is 0.669. The molecule has 1 heteroatoms. The third kappa shape index (κ3) is 2.96. The van der Waals surface area contributed by atoms with Gasteiger partial charge in [-0.2, -0.15) is 0 Å². The molecule has 0 fully saturated rings. The predicted octanol–water partition coefficient (Wildman–Crippen LogP) is 11.9. The molecule has 1 heterocycles. The molecular weight excluding hydrogens is 556 g/mol. The molecule has 0 saturated heterocycles. The first-order valence-electron chi connectivity index (χ1n) is 16.0. The van der Waals surface area contributed by atoms with E-state index >= 15 is 0 Å². The highest BCUT2D eigenvalue weighted by molar-refractivity contribution is 6.18. The van der Waals surface area contributed by atoms with Crippen LogP contribution in [0.25, 0.3) is 76.9 Å². The minimum Gasteiger partial charge on any atom is -0.456 e. The fourth-order valence-electron chi connectivity index (χ4n) is 8.74. The van der Waals surface area contributed by atoms with Crippen LogP contribution in [0, 0.1) is 0 Å². The Morgan fingerprint density at radius 3 is 1.65 bits per heavy atom. The Morgan fingerprint density at radius 1 is 0.348 bits per heavy atom. The zero-order chi connectivity index (χ0) is 30.0. The maximum Gasteiger partial charge on any atom is 0.136 e. The lowest BCUT2D eigenvalue weighted by atomic mass is 9.70. The summed E-state index contributed by atoms with van der Waals surface area (Å²) in [7, 11) is 0. The standard InChI is InChI=1S/C45H26O/c1-2-9-27(10-3-1)29-19-21-35-36-22-20-30(26-42(36)46-41(35)25-29)32-23-31-18-17-28-11-8-16-39-43(28)44(31)40(24-32)45(39)37-14-6-4-12-33(37)34-13-5-7-15-38(34)45/h1-26H. The van der Waals surface area contributed by atoms with Gasteiger partial charge >= 0.3 is 0 Å². The van der Waals surface area contributed by atoms with E-state index < -0.39 is 0 Å². The van der Waals surface area contributed by atoms with Gasteiger partial charge in [0.15, 0.2) is 0 Å². The molecule has 0 N–H and O–H groups in total. The highest BCUT2D eigenvalue weighted by atomic mass is 16.3. The van der Waals surface area contributed by atoms with E-state index in [2.05, 4.69) is 158 Å². The molecule has 1 nitrogen and oxygen atoms in total. The molecule has 2 aliphatic rings. The summed E-state index contributed by atoms with van der Waals surface area (Å²) in [5.41, 5.74) is 14.4. The predicted molar refractivity (Wildman–Crippen MR) is 190 cm³/mol. The third-order valence-corrected chi connectivity index (χ3v) is 10.6. The highest BCUT2D eigenvalue weighted by Crippen LogP contribution is 2.62. The number of hydrogen-bond acceptors (Lipinski definition) is 1. The van der Waals surface area contributed by atoms with Crippen LogP contribution in [0.2, 0.25) is 0 Å². The summed E-state index contributed by atoms with van der Waals surface area (Å²) < 4.78 is 6.56. The van der Waals surface area contributed by atoms with Crippen LogP contribution >= 0.6 is 0 Å². The Kier molecular flexibility index (Phi) is 4.57. The first-order valence-corrected chi connectivity index (χ1v) is 16.0. The van der Waals surface area contributed by atoms with Gasteiger partial charge in [0.25, 0.3) is 0 Å². The minimum absolute atomic E-state index is 0.359. The Balaban J connectivity index is 1.17. The number of rotatable bonds is 2. The first kappa shape index (κ1) is 24.4. The molecule has 11 rings (SSSR count). The summed E-state index contributed by atoms with van der Waals surface area (Å²) in [6.07, 6.45) is 0. The van der Waals surface area contributed by atoms with Crippen molar-refractivity contribution in [3.8, 4) is 33.4 Å². The largest absolute Gasteiger partial charge is 0.456 e. The average molecular weight is 583 g/mol. The van der Waals surface area contributed by atoms with Crippen LogP contribution in [0.15, 0.2) is 162 Å². The van der Waals surface area contributed by atoms with Crippen LogP contribution in [-0.4, -0.2) is 0 Å². The molecule has 212 valence electrons. The highest BCUT2D eigenvalue weighted by Gasteiger charge is 2.50. The molecular formula is C45H26O. The lowest BCUT2D eigenvalue weighted by Crippen LogP contribution is -2.26. The van der Waals surface area contributed by atoms with Crippen molar-refractivity contribution in [1.29, 1.82) is 0 Å². The molecule has 9 aromatic rings. The second-order valence-electron chi connectivity index (χ2n) is 12.8. The van der Waals surface area contributed by atoms with E-state index in [9.17, 15) is 0 Å². The summed E-state index contributed by atoms with van der Waals surface area (Å²) in [6, 6.07) is 58.2. The molecule has 0 aliphatic heterocycles. The second-order valence-corrected chi connectivity index (χ2v) is 12.8. The van der Waals surface area contributed by atoms with Crippen molar-refractivity contribution in [3.05, 3.63) is 180 Å². The van der Waals surface area contributed by atoms with E-state index in [1.165, 1.54) is 77.2 Å². The second kappa shape index (κ2) is 8.62. The summed E-state index contributed by atoms with van der Waals surface area (Å²) >= 11 is 0. The third-order valence-electron chi connectivity index (χ3n) is 10.6. The van der Waals surface area contributed by atoms with Gasteiger partial charge in [0, 0.05) is 10.8 Å².